The molecule has 0 atom stereocenters. The molecule has 1 aromatic carbocycles. The van der Waals surface area contributed by atoms with Crippen molar-refractivity contribution in [2.24, 2.45) is 0 Å². The number of aromatic nitrogens is 2. The number of carbonyl (C=O) groups excluding carboxylic acids is 2. The number of carbonyl (C=O) groups is 2. The summed E-state index contributed by atoms with van der Waals surface area (Å²) in [7, 11) is 1.59. The first kappa shape index (κ1) is 19.5. The Kier molecular flexibility index (Phi) is 6.19. The van der Waals surface area contributed by atoms with Gasteiger partial charge in [-0.3, -0.25) is 14.5 Å². The SMILES string of the molecule is COc1cccc(/C=C2\SC(=S)N(CCC(=O)Nc3nnc(C)s3)C2=O)c1. The maximum absolute atomic E-state index is 12.6. The van der Waals surface area contributed by atoms with Crippen molar-refractivity contribution in [3.63, 3.8) is 0 Å². The number of methoxy groups -OCH3 is 1. The van der Waals surface area contributed by atoms with Crippen LogP contribution in [-0.2, 0) is 9.59 Å². The van der Waals surface area contributed by atoms with Crippen LogP contribution in [0.3, 0.4) is 0 Å². The molecule has 0 spiro atoms. The molecule has 10 heteroatoms. The van der Waals surface area contributed by atoms with Gasteiger partial charge < -0.3 is 10.1 Å². The highest BCUT2D eigenvalue weighted by atomic mass is 32.2. The highest BCUT2D eigenvalue weighted by Gasteiger charge is 2.32. The van der Waals surface area contributed by atoms with E-state index in [1.807, 2.05) is 31.2 Å². The molecule has 0 aliphatic carbocycles. The van der Waals surface area contributed by atoms with Crippen molar-refractivity contribution in [1.82, 2.24) is 15.1 Å². The molecule has 0 bridgehead atoms. The summed E-state index contributed by atoms with van der Waals surface area (Å²) in [5.74, 6) is 0.271. The Balaban J connectivity index is 1.61. The third kappa shape index (κ3) is 4.90. The van der Waals surface area contributed by atoms with Gasteiger partial charge in [0.25, 0.3) is 5.91 Å². The molecule has 1 fully saturated rings. The summed E-state index contributed by atoms with van der Waals surface area (Å²) >= 11 is 7.82. The number of aryl methyl sites for hydroxylation is 1. The Bertz CT molecular complexity index is 926. The summed E-state index contributed by atoms with van der Waals surface area (Å²) < 4.78 is 5.63. The summed E-state index contributed by atoms with van der Waals surface area (Å²) in [4.78, 5) is 26.6. The van der Waals surface area contributed by atoms with Gasteiger partial charge in [-0.05, 0) is 30.7 Å². The molecular weight excluding hydrogens is 404 g/mol. The minimum atomic E-state index is -0.239. The van der Waals surface area contributed by atoms with E-state index in [9.17, 15) is 9.59 Å². The van der Waals surface area contributed by atoms with Crippen molar-refractivity contribution in [2.45, 2.75) is 13.3 Å². The van der Waals surface area contributed by atoms with Crippen LogP contribution in [-0.4, -0.2) is 44.9 Å². The van der Waals surface area contributed by atoms with E-state index in [-0.39, 0.29) is 24.8 Å². The number of hydrogen-bond acceptors (Lipinski definition) is 8. The molecule has 3 rings (SSSR count). The molecule has 2 aromatic rings. The van der Waals surface area contributed by atoms with Crippen molar-refractivity contribution < 1.29 is 14.3 Å². The fourth-order valence-electron chi connectivity index (χ4n) is 2.32. The normalized spacial score (nSPS) is 15.5. The largest absolute Gasteiger partial charge is 0.497 e. The molecule has 0 radical (unpaired) electrons. The number of rotatable bonds is 6. The van der Waals surface area contributed by atoms with E-state index < -0.39 is 0 Å². The van der Waals surface area contributed by atoms with Gasteiger partial charge in [-0.2, -0.15) is 0 Å². The van der Waals surface area contributed by atoms with Gasteiger partial charge in [-0.1, -0.05) is 47.4 Å². The molecule has 140 valence electrons. The quantitative estimate of drug-likeness (QED) is 0.568. The number of nitrogens with zero attached hydrogens (tertiary/aromatic N) is 3. The highest BCUT2D eigenvalue weighted by Crippen LogP contribution is 2.33. The molecule has 1 aromatic heterocycles. The van der Waals surface area contributed by atoms with Gasteiger partial charge >= 0.3 is 0 Å². The zero-order valence-electron chi connectivity index (χ0n) is 14.6. The van der Waals surface area contributed by atoms with Crippen molar-refractivity contribution in [2.75, 3.05) is 19.0 Å². The third-order valence-electron chi connectivity index (χ3n) is 3.60. The van der Waals surface area contributed by atoms with Crippen molar-refractivity contribution in [1.29, 1.82) is 0 Å². The second-order valence-electron chi connectivity index (χ2n) is 5.53. The van der Waals surface area contributed by atoms with E-state index >= 15 is 0 Å². The fourth-order valence-corrected chi connectivity index (χ4v) is 4.23. The average molecular weight is 421 g/mol. The zero-order chi connectivity index (χ0) is 19.4. The van der Waals surface area contributed by atoms with E-state index in [0.29, 0.717) is 20.1 Å². The fraction of sp³-hybridized carbons (Fsp3) is 0.235. The average Bonchev–Trinajstić information content (AvgIpc) is 3.16. The van der Waals surface area contributed by atoms with Crippen LogP contribution in [0.2, 0.25) is 0 Å². The van der Waals surface area contributed by atoms with Gasteiger partial charge in [-0.25, -0.2) is 0 Å². The lowest BCUT2D eigenvalue weighted by Gasteiger charge is -2.13. The summed E-state index contributed by atoms with van der Waals surface area (Å²) in [5.41, 5.74) is 0.847. The molecule has 1 aliphatic rings. The van der Waals surface area contributed by atoms with Gasteiger partial charge in [0.2, 0.25) is 11.0 Å². The van der Waals surface area contributed by atoms with Gasteiger partial charge in [0.1, 0.15) is 15.1 Å². The van der Waals surface area contributed by atoms with Crippen LogP contribution in [0.25, 0.3) is 6.08 Å². The van der Waals surface area contributed by atoms with Gasteiger partial charge in [0, 0.05) is 13.0 Å². The number of ether oxygens (including phenoxy) is 1. The van der Waals surface area contributed by atoms with Crippen LogP contribution in [0.5, 0.6) is 5.75 Å². The number of nitrogens with one attached hydrogen (secondary N) is 1. The predicted octanol–water partition coefficient (Wildman–Crippen LogP) is 3.09. The smallest absolute Gasteiger partial charge is 0.266 e. The molecule has 27 heavy (non-hydrogen) atoms. The number of benzene rings is 1. The molecule has 7 nitrogen and oxygen atoms in total. The monoisotopic (exact) mass is 420 g/mol. The second kappa shape index (κ2) is 8.59. The lowest BCUT2D eigenvalue weighted by Crippen LogP contribution is -2.31. The number of amides is 2. The van der Waals surface area contributed by atoms with E-state index in [1.165, 1.54) is 28.0 Å². The molecule has 1 saturated heterocycles. The maximum atomic E-state index is 12.6. The Labute approximate surface area is 169 Å². The number of thiocarbonyl (C=S) groups is 1. The van der Waals surface area contributed by atoms with Gasteiger partial charge in [-0.15, -0.1) is 10.2 Å². The van der Waals surface area contributed by atoms with E-state index in [1.54, 1.807) is 13.2 Å². The first-order valence-electron chi connectivity index (χ1n) is 7.95. The first-order valence-corrected chi connectivity index (χ1v) is 10.00. The van der Waals surface area contributed by atoms with Gasteiger partial charge in [0.05, 0.1) is 12.0 Å². The minimum absolute atomic E-state index is 0.123. The third-order valence-corrected chi connectivity index (χ3v) is 5.73. The zero-order valence-corrected chi connectivity index (χ0v) is 17.0. The molecule has 2 heterocycles. The summed E-state index contributed by atoms with van der Waals surface area (Å²) in [5, 5.41) is 11.6. The van der Waals surface area contributed by atoms with Crippen molar-refractivity contribution >= 4 is 62.7 Å². The standard InChI is InChI=1S/C17H16N4O3S3/c1-10-19-20-16(26-10)18-14(22)6-7-21-15(23)13(27-17(21)25)9-11-4-3-5-12(8-11)24-2/h3-5,8-9H,6-7H2,1-2H3,(H,18,20,22)/b13-9-. The Hall–Kier alpha value is -2.30. The van der Waals surface area contributed by atoms with E-state index in [2.05, 4.69) is 15.5 Å². The summed E-state index contributed by atoms with van der Waals surface area (Å²) in [6, 6.07) is 7.40. The van der Waals surface area contributed by atoms with Crippen LogP contribution in [0.15, 0.2) is 29.2 Å². The number of hydrogen-bond donors (Lipinski definition) is 1. The first-order chi connectivity index (χ1) is 13.0. The Morgan fingerprint density at radius 3 is 2.93 bits per heavy atom. The van der Waals surface area contributed by atoms with E-state index in [4.69, 9.17) is 17.0 Å². The number of thioether (sulfide) groups is 1. The highest BCUT2D eigenvalue weighted by molar-refractivity contribution is 8.26. The topological polar surface area (TPSA) is 84.4 Å². The molecule has 1 N–H and O–H groups in total. The predicted molar refractivity (Wildman–Crippen MR) is 111 cm³/mol. The van der Waals surface area contributed by atoms with Crippen LogP contribution >= 0.6 is 35.3 Å². The maximum Gasteiger partial charge on any atom is 0.266 e. The van der Waals surface area contributed by atoms with Crippen molar-refractivity contribution in [3.05, 3.63) is 39.7 Å². The Morgan fingerprint density at radius 2 is 2.22 bits per heavy atom. The molecule has 0 saturated carbocycles. The lowest BCUT2D eigenvalue weighted by molar-refractivity contribution is -0.122. The molecule has 0 unspecified atom stereocenters. The van der Waals surface area contributed by atoms with Crippen LogP contribution in [0.1, 0.15) is 17.0 Å². The van der Waals surface area contributed by atoms with Crippen LogP contribution in [0, 0.1) is 6.92 Å². The second-order valence-corrected chi connectivity index (χ2v) is 8.39. The molecule has 2 amide bonds. The van der Waals surface area contributed by atoms with Crippen LogP contribution < -0.4 is 10.1 Å². The van der Waals surface area contributed by atoms with Gasteiger partial charge in [0.15, 0.2) is 0 Å². The lowest BCUT2D eigenvalue weighted by atomic mass is 10.2. The Morgan fingerprint density at radius 1 is 1.41 bits per heavy atom. The molecular formula is C17H16N4O3S3. The van der Waals surface area contributed by atoms with E-state index in [0.717, 1.165) is 10.6 Å². The number of anilines is 1. The molecule has 1 aliphatic heterocycles. The van der Waals surface area contributed by atoms with Crippen molar-refractivity contribution in [3.8, 4) is 5.75 Å². The summed E-state index contributed by atoms with van der Waals surface area (Å²) in [6.07, 6.45) is 1.89. The summed E-state index contributed by atoms with van der Waals surface area (Å²) in [6.45, 7) is 2.02. The van der Waals surface area contributed by atoms with Crippen LogP contribution in [0.4, 0.5) is 5.13 Å². The minimum Gasteiger partial charge on any atom is -0.497 e.